The van der Waals surface area contributed by atoms with Gasteiger partial charge in [0.05, 0.1) is 78.8 Å². The van der Waals surface area contributed by atoms with Crippen molar-refractivity contribution >= 4 is 35.4 Å². The van der Waals surface area contributed by atoms with E-state index in [4.69, 9.17) is 109 Å². The first kappa shape index (κ1) is 123. The van der Waals surface area contributed by atoms with Gasteiger partial charge >= 0.3 is 0 Å². The number of amides is 6. The summed E-state index contributed by atoms with van der Waals surface area (Å²) >= 11 is 0. The summed E-state index contributed by atoms with van der Waals surface area (Å²) in [6.07, 6.45) is -116. The first-order valence-electron chi connectivity index (χ1n) is 48.0. The Hall–Kier alpha value is -5.34. The average Bonchev–Trinajstić information content (AvgIpc) is 0.759. The van der Waals surface area contributed by atoms with Crippen molar-refractivity contribution in [1.29, 1.82) is 0 Å². The van der Waals surface area contributed by atoms with Gasteiger partial charge in [0.25, 0.3) is 0 Å². The molecule has 66 heteroatoms. The molecule has 66 nitrogen and oxygen atoms in total. The zero-order valence-corrected chi connectivity index (χ0v) is 81.1. The third kappa shape index (κ3) is 27.7. The van der Waals surface area contributed by atoms with Crippen LogP contribution in [0.4, 0.5) is 0 Å². The summed E-state index contributed by atoms with van der Waals surface area (Å²) < 4.78 is 139. The minimum absolute atomic E-state index is 0.856. The topological polar surface area (TPSA) is 1010 Å². The Kier molecular flexibility index (Phi) is 44.4. The molecule has 12 fully saturated rings. The molecule has 60 atom stereocenters. The summed E-state index contributed by atoms with van der Waals surface area (Å²) in [6, 6.07) is -11.7. The highest BCUT2D eigenvalue weighted by molar-refractivity contribution is 5.75. The normalized spacial score (nSPS) is 48.8. The Morgan fingerprint density at radius 1 is 0.187 bits per heavy atom. The van der Waals surface area contributed by atoms with Crippen LogP contribution in [0.25, 0.3) is 0 Å². The van der Waals surface area contributed by atoms with E-state index in [-0.39, 0.29) is 0 Å². The van der Waals surface area contributed by atoms with Crippen LogP contribution in [0, 0.1) is 0 Å². The Morgan fingerprint density at radius 3 is 0.807 bits per heavy atom. The number of carbonyl (C=O) groups is 6. The minimum atomic E-state index is -2.76. The maximum atomic E-state index is 13.5. The lowest BCUT2D eigenvalue weighted by atomic mass is 9.93. The molecule has 0 aliphatic carbocycles. The molecule has 12 saturated heterocycles. The third-order valence-electron chi connectivity index (χ3n) is 27.4. The molecule has 12 aliphatic heterocycles. The van der Waals surface area contributed by atoms with E-state index in [0.717, 1.165) is 41.5 Å². The number of rotatable bonds is 39. The first-order chi connectivity index (χ1) is 70.9. The van der Waals surface area contributed by atoms with Crippen LogP contribution in [0.1, 0.15) is 48.5 Å². The lowest BCUT2D eigenvalue weighted by molar-refractivity contribution is -0.399. The first-order valence-corrected chi connectivity index (χ1v) is 48.0. The van der Waals surface area contributed by atoms with Crippen molar-refractivity contribution in [2.24, 2.45) is 0 Å². The van der Waals surface area contributed by atoms with E-state index in [1.807, 2.05) is 0 Å². The van der Waals surface area contributed by atoms with Gasteiger partial charge in [-0.2, -0.15) is 0 Å². The molecule has 12 heterocycles. The molecule has 0 aromatic rings. The minimum Gasteiger partial charge on any atom is -0.394 e. The molecule has 0 radical (unpaired) electrons. The molecule has 0 unspecified atom stereocenters. The zero-order chi connectivity index (χ0) is 110. The SMILES string of the molecule is CC(=O)N[C@@H]1[C@@H](O)[C@H](O[C@@H]2O[C@H](CO)[C@@H](O[C@@H]3O[C@H](CO[C@H]4O[C@H](CO[C@@H]5O[C@H](CO)[C@@H](O[C@@H]6O[C@H](CO)[C@H](O)[C@H](O)[C@H]6O)[C@@H](O)[C@H]5NC(C)=O)[C@@H](O)[C@H](O)[C@@H]4O[C@@H]4O[C@H](CO)[C@@H](O[C@@H]5O[C@H](CO)[C@H](O)[C@H](O)[C@H]5O)[C@H](O)[C@H]4NC(C)=O)[C@@H](O)[C@H](O[C@H]4O[C@H](CO)[C@@H](O)[C@H](O)[C@@H]4O[C@@H]4O[C@H](CO)[C@@H](O[C@@H]5O[C@H](CO)[C@H](O)[C@H](O)[C@H]5NC(C)=O)[C@H](O)[C@H]4NC(C)=O)[C@@H]3O)[C@H](O)[C@H]2NC(C)=O)[C@@H](CO[C@@H]2O[C@@H](C)[C@@H](O)[C@@H](O)[C@@H]2O)O[C@H]1O. The van der Waals surface area contributed by atoms with Crippen molar-refractivity contribution in [3.8, 4) is 0 Å². The van der Waals surface area contributed by atoms with Gasteiger partial charge in [-0.15, -0.1) is 0 Å². The summed E-state index contributed by atoms with van der Waals surface area (Å²) in [4.78, 5) is 78.3. The molecule has 0 spiro atoms. The van der Waals surface area contributed by atoms with Gasteiger partial charge in [0.15, 0.2) is 75.5 Å². The molecular weight excluding hydrogens is 2050 g/mol. The fourth-order valence-corrected chi connectivity index (χ4v) is 19.5. The van der Waals surface area contributed by atoms with Crippen molar-refractivity contribution in [1.82, 2.24) is 31.9 Å². The Balaban J connectivity index is 0.918. The van der Waals surface area contributed by atoms with Gasteiger partial charge in [-0.25, -0.2) is 0 Å². The largest absolute Gasteiger partial charge is 0.394 e. The molecule has 12 aliphatic rings. The highest BCUT2D eigenvalue weighted by atomic mass is 16.8. The van der Waals surface area contributed by atoms with E-state index in [1.165, 1.54) is 6.92 Å². The van der Waals surface area contributed by atoms with Gasteiger partial charge in [-0.05, 0) is 6.92 Å². The summed E-state index contributed by atoms with van der Waals surface area (Å²) in [5.41, 5.74) is 0. The summed E-state index contributed by atoms with van der Waals surface area (Å²) in [5, 5.41) is 366. The number of nitrogens with one attached hydrogen (secondary N) is 6. The van der Waals surface area contributed by atoms with E-state index in [9.17, 15) is 187 Å². The van der Waals surface area contributed by atoms with Gasteiger partial charge in [0, 0.05) is 41.5 Å². The molecule has 0 aromatic heterocycles. The Bertz CT molecular complexity index is 4240. The molecule has 866 valence electrons. The second-order valence-electron chi connectivity index (χ2n) is 38.1. The van der Waals surface area contributed by atoms with Crippen molar-refractivity contribution in [3.05, 3.63) is 0 Å². The number of hydrogen-bond acceptors (Lipinski definition) is 60. The van der Waals surface area contributed by atoms with Crippen LogP contribution >= 0.6 is 0 Å². The quantitative estimate of drug-likeness (QED) is 0.0272. The maximum Gasteiger partial charge on any atom is 0.217 e. The van der Waals surface area contributed by atoms with Crippen molar-refractivity contribution in [2.45, 2.75) is 417 Å². The van der Waals surface area contributed by atoms with E-state index >= 15 is 0 Å². The fraction of sp³-hybridized carbons (Fsp3) is 0.929. The van der Waals surface area contributed by atoms with Gasteiger partial charge in [0.1, 0.15) is 287 Å². The van der Waals surface area contributed by atoms with Crippen LogP contribution < -0.4 is 31.9 Å². The molecule has 150 heavy (non-hydrogen) atoms. The monoisotopic (exact) mass is 2190 g/mol. The van der Waals surface area contributed by atoms with Gasteiger partial charge in [0.2, 0.25) is 35.4 Å². The predicted octanol–water partition coefficient (Wildman–Crippen LogP) is -25.3. The highest BCUT2D eigenvalue weighted by Crippen LogP contribution is 2.43. The Labute approximate surface area is 849 Å². The molecule has 0 aromatic carbocycles. The fourth-order valence-electron chi connectivity index (χ4n) is 19.5. The van der Waals surface area contributed by atoms with Crippen LogP contribution in [0.3, 0.4) is 0 Å². The smallest absolute Gasteiger partial charge is 0.217 e. The highest BCUT2D eigenvalue weighted by Gasteiger charge is 2.64. The van der Waals surface area contributed by atoms with Crippen LogP contribution in [0.5, 0.6) is 0 Å². The summed E-state index contributed by atoms with van der Waals surface area (Å²) in [7, 11) is 0. The van der Waals surface area contributed by atoms with Crippen LogP contribution in [0.2, 0.25) is 0 Å². The second-order valence-corrected chi connectivity index (χ2v) is 38.1. The molecule has 6 amide bonds. The van der Waals surface area contributed by atoms with E-state index < -0.39 is 476 Å². The summed E-state index contributed by atoms with van der Waals surface area (Å²) in [5.74, 6) is -5.82. The number of aliphatic hydroxyl groups is 31. The van der Waals surface area contributed by atoms with Crippen molar-refractivity contribution in [2.75, 3.05) is 72.7 Å². The van der Waals surface area contributed by atoms with E-state index in [1.54, 1.807) is 0 Å². The van der Waals surface area contributed by atoms with Crippen LogP contribution in [0.15, 0.2) is 0 Å². The van der Waals surface area contributed by atoms with Crippen LogP contribution in [-0.2, 0) is 138 Å². The Morgan fingerprint density at radius 2 is 0.420 bits per heavy atom. The number of hydrogen-bond donors (Lipinski definition) is 37. The third-order valence-corrected chi connectivity index (χ3v) is 27.4. The number of carbonyl (C=O) groups excluding carboxylic acids is 6. The predicted molar refractivity (Wildman–Crippen MR) is 463 cm³/mol. The number of ether oxygens (including phenoxy) is 23. The average molecular weight is 2190 g/mol. The molecule has 12 rings (SSSR count). The molecule has 37 N–H and O–H groups in total. The van der Waals surface area contributed by atoms with Gasteiger partial charge in [-0.3, -0.25) is 28.8 Å². The maximum absolute atomic E-state index is 13.5. The molecule has 0 saturated carbocycles. The molecule has 0 bridgehead atoms. The lowest BCUT2D eigenvalue weighted by Crippen LogP contribution is -2.71. The van der Waals surface area contributed by atoms with Crippen LogP contribution in [-0.4, -0.2) is 635 Å². The second kappa shape index (κ2) is 54.0. The standard InChI is InChI=1S/C84H140N6O60/c1-19-43(105)56(118)61(123)79(131-19)129-18-36-69(51(113)37(73(127)132-36)85-20(2)99)144-76-40(88-23(5)102)54(116)68(33(15-98)138-76)147-82-64(126)70(148-84-72(59(121)47(109)29(11-94)136-84)150-78-41(89-24(6)103)53(115)65(31(13-96)139-78)143-75-38(86-21(3)100)50(112)44(106)26(8-91)133-75)49(111)35(141-82)17-130-83-71(149-77-42(90-25(7)104)55(117)67(32(14-97)140-77)146-81-63(125)58(120)46(108)28(10-93)135-81)60(122)48(110)34(142-83)16-128-74-39(87-22(4)101)52(114)66(30(12-95)137-74)145-80-62(124)57(119)45(107)27(9-92)134-80/h19,26-84,91-98,105-127H,8-18H2,1-7H3,(H,85,99)(H,86,100)(H,87,101)(H,88,102)(H,89,103)(H,90,104)/t19-,26+,27+,28+,29+,30+,31+,32+,33+,34+,35+,36+,37+,38+,39+,40+,41+,42+,43+,44-,45-,46-,47+,48+,49+,50+,51+,52-,53+,54+,55+,56+,57-,58-,59-,60-,61-,62+,63+,64-,65+,66+,67+,68+,69+,70-,71-,72-,73+,74+,75-,76-,77-,78-,79+,80-,81-,82-,83-,84+/m0/s1. The lowest BCUT2D eigenvalue weighted by Gasteiger charge is -2.51. The van der Waals surface area contributed by atoms with Gasteiger partial charge in [-0.1, -0.05) is 0 Å². The van der Waals surface area contributed by atoms with Crippen molar-refractivity contribution in [3.63, 3.8) is 0 Å². The van der Waals surface area contributed by atoms with E-state index in [2.05, 4.69) is 31.9 Å². The summed E-state index contributed by atoms with van der Waals surface area (Å²) in [6.45, 7) is -5.93. The zero-order valence-electron chi connectivity index (χ0n) is 81.1. The number of aliphatic hydroxyl groups excluding tert-OH is 31. The van der Waals surface area contributed by atoms with Crippen molar-refractivity contribution < 1.29 is 296 Å². The van der Waals surface area contributed by atoms with E-state index in [0.29, 0.717) is 0 Å². The van der Waals surface area contributed by atoms with Gasteiger partial charge < -0.3 is 299 Å². The molecular formula is C84H140N6O60.